The highest BCUT2D eigenvalue weighted by molar-refractivity contribution is 6.42. The van der Waals surface area contributed by atoms with Crippen LogP contribution in [0, 0.1) is 0 Å². The lowest BCUT2D eigenvalue weighted by Gasteiger charge is -2.00. The number of carbonyl (C=O) groups is 2. The fourth-order valence-corrected chi connectivity index (χ4v) is 1.38. The van der Waals surface area contributed by atoms with Crippen LogP contribution in [-0.4, -0.2) is 25.5 Å². The largest absolute Gasteiger partial charge is 0.468 e. The number of ether oxygens (including phenoxy) is 1. The summed E-state index contributed by atoms with van der Waals surface area (Å²) < 4.78 is 4.38. The van der Waals surface area contributed by atoms with E-state index < -0.39 is 11.9 Å². The third-order valence-electron chi connectivity index (χ3n) is 2.01. The van der Waals surface area contributed by atoms with Crippen LogP contribution in [0.5, 0.6) is 0 Å². The maximum atomic E-state index is 11.3. The second-order valence-corrected chi connectivity index (χ2v) is 4.12. The van der Waals surface area contributed by atoms with E-state index in [1.54, 1.807) is 24.3 Å². The lowest BCUT2D eigenvalue weighted by molar-refractivity contribution is -0.140. The Morgan fingerprint density at radius 2 is 2.06 bits per heavy atom. The molecule has 0 aliphatic rings. The Bertz CT molecular complexity index is 486. The Morgan fingerprint density at radius 3 is 2.67 bits per heavy atom. The molecule has 0 atom stereocenters. The highest BCUT2D eigenvalue weighted by atomic mass is 35.5. The first-order valence-corrected chi connectivity index (χ1v) is 5.76. The van der Waals surface area contributed by atoms with E-state index >= 15 is 0 Å². The van der Waals surface area contributed by atoms with Gasteiger partial charge in [0.05, 0.1) is 17.2 Å². The third-order valence-corrected chi connectivity index (χ3v) is 2.74. The van der Waals surface area contributed by atoms with Gasteiger partial charge in [0.15, 0.2) is 0 Å². The maximum absolute atomic E-state index is 11.3. The van der Waals surface area contributed by atoms with Gasteiger partial charge >= 0.3 is 5.97 Å². The lowest BCUT2D eigenvalue weighted by Crippen LogP contribution is -2.28. The molecule has 4 nitrogen and oxygen atoms in total. The zero-order valence-electron chi connectivity index (χ0n) is 9.57. The Kier molecular flexibility index (Phi) is 5.68. The molecule has 1 rings (SSSR count). The highest BCUT2D eigenvalue weighted by Gasteiger charge is 2.02. The third kappa shape index (κ3) is 4.77. The average Bonchev–Trinajstić information content (AvgIpc) is 2.37. The average molecular weight is 288 g/mol. The van der Waals surface area contributed by atoms with Crippen molar-refractivity contribution in [1.29, 1.82) is 0 Å². The summed E-state index contributed by atoms with van der Waals surface area (Å²) in [6.45, 7) is -0.166. The summed E-state index contributed by atoms with van der Waals surface area (Å²) >= 11 is 11.6. The van der Waals surface area contributed by atoms with Gasteiger partial charge in [-0.2, -0.15) is 0 Å². The fraction of sp³-hybridized carbons (Fsp3) is 0.167. The van der Waals surface area contributed by atoms with Crippen molar-refractivity contribution in [2.45, 2.75) is 0 Å². The van der Waals surface area contributed by atoms with Crippen LogP contribution in [0.3, 0.4) is 0 Å². The molecule has 0 aliphatic heterocycles. The van der Waals surface area contributed by atoms with Crippen LogP contribution in [0.25, 0.3) is 6.08 Å². The van der Waals surface area contributed by atoms with Crippen molar-refractivity contribution in [1.82, 2.24) is 5.32 Å². The molecule has 0 aromatic heterocycles. The van der Waals surface area contributed by atoms with Gasteiger partial charge in [0, 0.05) is 6.08 Å². The van der Waals surface area contributed by atoms with Gasteiger partial charge in [0.25, 0.3) is 0 Å². The monoisotopic (exact) mass is 287 g/mol. The van der Waals surface area contributed by atoms with Crippen molar-refractivity contribution < 1.29 is 14.3 Å². The van der Waals surface area contributed by atoms with Gasteiger partial charge in [-0.25, -0.2) is 0 Å². The molecule has 0 radical (unpaired) electrons. The Hall–Kier alpha value is -1.52. The Labute approximate surface area is 115 Å². The topological polar surface area (TPSA) is 55.4 Å². The summed E-state index contributed by atoms with van der Waals surface area (Å²) in [5, 5.41) is 3.23. The highest BCUT2D eigenvalue weighted by Crippen LogP contribution is 2.22. The van der Waals surface area contributed by atoms with Crippen LogP contribution in [0.1, 0.15) is 5.56 Å². The number of amides is 1. The number of benzene rings is 1. The van der Waals surface area contributed by atoms with Gasteiger partial charge in [0.1, 0.15) is 6.54 Å². The molecule has 0 fully saturated rings. The molecule has 0 heterocycles. The number of rotatable bonds is 4. The molecule has 1 N–H and O–H groups in total. The molecule has 1 aromatic rings. The van der Waals surface area contributed by atoms with Gasteiger partial charge in [-0.1, -0.05) is 29.3 Å². The SMILES string of the molecule is COC(=O)CNC(=O)C=Cc1ccc(Cl)c(Cl)c1. The van der Waals surface area contributed by atoms with Crippen molar-refractivity contribution in [3.8, 4) is 0 Å². The normalized spacial score (nSPS) is 10.4. The fourth-order valence-electron chi connectivity index (χ4n) is 1.08. The van der Waals surface area contributed by atoms with E-state index in [1.807, 2.05) is 0 Å². The summed E-state index contributed by atoms with van der Waals surface area (Å²) in [6, 6.07) is 4.99. The summed E-state index contributed by atoms with van der Waals surface area (Å²) in [7, 11) is 1.25. The molecule has 96 valence electrons. The zero-order chi connectivity index (χ0) is 13.5. The molecule has 6 heteroatoms. The van der Waals surface area contributed by atoms with Crippen LogP contribution in [0.2, 0.25) is 10.0 Å². The summed E-state index contributed by atoms with van der Waals surface area (Å²) in [5.41, 5.74) is 0.734. The van der Waals surface area contributed by atoms with Crippen LogP contribution < -0.4 is 5.32 Å². The zero-order valence-corrected chi connectivity index (χ0v) is 11.1. The van der Waals surface area contributed by atoms with Crippen molar-refractivity contribution in [2.75, 3.05) is 13.7 Å². The minimum absolute atomic E-state index is 0.166. The van der Waals surface area contributed by atoms with Crippen LogP contribution in [0.4, 0.5) is 0 Å². The molecular weight excluding hydrogens is 277 g/mol. The molecular formula is C12H11Cl2NO3. The molecule has 1 amide bonds. The number of halogens is 2. The second kappa shape index (κ2) is 7.03. The predicted octanol–water partition coefficient (Wildman–Crippen LogP) is 2.30. The van der Waals surface area contributed by atoms with Gasteiger partial charge in [0.2, 0.25) is 5.91 Å². The minimum atomic E-state index is -0.508. The molecule has 0 saturated heterocycles. The molecule has 0 bridgehead atoms. The molecule has 18 heavy (non-hydrogen) atoms. The Morgan fingerprint density at radius 1 is 1.33 bits per heavy atom. The van der Waals surface area contributed by atoms with Crippen LogP contribution >= 0.6 is 23.2 Å². The van der Waals surface area contributed by atoms with Crippen LogP contribution in [-0.2, 0) is 14.3 Å². The van der Waals surface area contributed by atoms with Crippen molar-refractivity contribution >= 4 is 41.2 Å². The number of hydrogen-bond acceptors (Lipinski definition) is 3. The van der Waals surface area contributed by atoms with Gasteiger partial charge in [-0.05, 0) is 23.8 Å². The lowest BCUT2D eigenvalue weighted by atomic mass is 10.2. The summed E-state index contributed by atoms with van der Waals surface area (Å²) in [5.74, 6) is -0.905. The van der Waals surface area contributed by atoms with Gasteiger partial charge in [-0.3, -0.25) is 9.59 Å². The molecule has 1 aromatic carbocycles. The van der Waals surface area contributed by atoms with Crippen molar-refractivity contribution in [3.63, 3.8) is 0 Å². The van der Waals surface area contributed by atoms with Crippen molar-refractivity contribution in [2.24, 2.45) is 0 Å². The van der Waals surface area contributed by atoms with E-state index in [0.29, 0.717) is 10.0 Å². The predicted molar refractivity (Wildman–Crippen MR) is 70.5 cm³/mol. The van der Waals surface area contributed by atoms with Gasteiger partial charge < -0.3 is 10.1 Å². The molecule has 0 spiro atoms. The molecule has 0 unspecified atom stereocenters. The van der Waals surface area contributed by atoms with Crippen LogP contribution in [0.15, 0.2) is 24.3 Å². The molecule has 0 aliphatic carbocycles. The first-order valence-electron chi connectivity index (χ1n) is 5.00. The summed E-state index contributed by atoms with van der Waals surface area (Å²) in [4.78, 5) is 22.1. The van der Waals surface area contributed by atoms with E-state index in [0.717, 1.165) is 5.56 Å². The number of methoxy groups -OCH3 is 1. The number of carbonyl (C=O) groups excluding carboxylic acids is 2. The van der Waals surface area contributed by atoms with E-state index in [1.165, 1.54) is 13.2 Å². The van der Waals surface area contributed by atoms with E-state index in [4.69, 9.17) is 23.2 Å². The van der Waals surface area contributed by atoms with E-state index in [2.05, 4.69) is 10.1 Å². The smallest absolute Gasteiger partial charge is 0.325 e. The quantitative estimate of drug-likeness (QED) is 0.683. The Balaban J connectivity index is 2.55. The number of nitrogens with one attached hydrogen (secondary N) is 1. The first kappa shape index (κ1) is 14.5. The van der Waals surface area contributed by atoms with Gasteiger partial charge in [-0.15, -0.1) is 0 Å². The number of hydrogen-bond donors (Lipinski definition) is 1. The number of esters is 1. The van der Waals surface area contributed by atoms with Crippen molar-refractivity contribution in [3.05, 3.63) is 39.9 Å². The standard InChI is InChI=1S/C12H11Cl2NO3/c1-18-12(17)7-15-11(16)5-3-8-2-4-9(13)10(14)6-8/h2-6H,7H2,1H3,(H,15,16). The maximum Gasteiger partial charge on any atom is 0.325 e. The first-order chi connectivity index (χ1) is 8.52. The summed E-state index contributed by atoms with van der Waals surface area (Å²) in [6.07, 6.45) is 2.86. The van der Waals surface area contributed by atoms with E-state index in [9.17, 15) is 9.59 Å². The van der Waals surface area contributed by atoms with E-state index in [-0.39, 0.29) is 6.54 Å². The molecule has 0 saturated carbocycles. The second-order valence-electron chi connectivity index (χ2n) is 3.30. The minimum Gasteiger partial charge on any atom is -0.468 e.